The summed E-state index contributed by atoms with van der Waals surface area (Å²) in [4.78, 5) is 19.0. The zero-order chi connectivity index (χ0) is 17.9. The third-order valence-corrected chi connectivity index (χ3v) is 5.26. The second-order valence-electron chi connectivity index (χ2n) is 7.03. The molecule has 2 fully saturated rings. The molecule has 1 saturated carbocycles. The van der Waals surface area contributed by atoms with Crippen molar-refractivity contribution in [2.24, 2.45) is 0 Å². The molecule has 1 saturated heterocycles. The number of carbonyl (C=O) groups excluding carboxylic acids is 1. The van der Waals surface area contributed by atoms with Gasteiger partial charge in [0.05, 0.1) is 17.8 Å². The fourth-order valence-electron chi connectivity index (χ4n) is 3.51. The summed E-state index contributed by atoms with van der Waals surface area (Å²) < 4.78 is 11.9. The van der Waals surface area contributed by atoms with E-state index in [9.17, 15) is 4.79 Å². The van der Waals surface area contributed by atoms with Gasteiger partial charge in [-0.2, -0.15) is 5.10 Å². The molecule has 2 heterocycles. The number of carbonyl (C=O) groups is 1. The van der Waals surface area contributed by atoms with E-state index in [1.165, 1.54) is 12.7 Å². The van der Waals surface area contributed by atoms with Gasteiger partial charge in [-0.05, 0) is 37.8 Å². The maximum atomic E-state index is 13.0. The lowest BCUT2D eigenvalue weighted by Crippen LogP contribution is -2.37. The number of nitrogens with zero attached hydrogens (tertiary/aromatic N) is 3. The van der Waals surface area contributed by atoms with Crippen LogP contribution in [0.15, 0.2) is 30.6 Å². The molecule has 2 aliphatic rings. The van der Waals surface area contributed by atoms with Crippen molar-refractivity contribution in [1.82, 2.24) is 20.1 Å². The predicted octanol–water partition coefficient (Wildman–Crippen LogP) is 2.38. The van der Waals surface area contributed by atoms with Gasteiger partial charge in [-0.25, -0.2) is 4.98 Å². The molecule has 0 unspecified atom stereocenters. The molecule has 0 radical (unpaired) electrons. The van der Waals surface area contributed by atoms with E-state index in [0.717, 1.165) is 25.1 Å². The largest absolute Gasteiger partial charge is 0.490 e. The number of amides is 1. The fraction of sp³-hybridized carbons (Fsp3) is 0.526. The zero-order valence-corrected chi connectivity index (χ0v) is 14.9. The number of likely N-dealkylation sites (N-methyl/N-ethyl adjacent to an activating group) is 1. The number of para-hydroxylation sites is 1. The summed E-state index contributed by atoms with van der Waals surface area (Å²) in [5.41, 5.74) is 0.608. The van der Waals surface area contributed by atoms with Crippen LogP contribution in [-0.4, -0.2) is 58.4 Å². The summed E-state index contributed by atoms with van der Waals surface area (Å²) in [5.74, 6) is 1.58. The topological polar surface area (TPSA) is 80.3 Å². The summed E-state index contributed by atoms with van der Waals surface area (Å²) in [7, 11) is 1.81. The molecule has 1 aliphatic carbocycles. The Kier molecular flexibility index (Phi) is 4.88. The average molecular weight is 356 g/mol. The first-order valence-electron chi connectivity index (χ1n) is 9.20. The lowest BCUT2D eigenvalue weighted by Gasteiger charge is -2.28. The molecule has 2 atom stereocenters. The Balaban J connectivity index is 1.44. The van der Waals surface area contributed by atoms with Crippen molar-refractivity contribution in [2.75, 3.05) is 20.2 Å². The van der Waals surface area contributed by atoms with Gasteiger partial charge in [0.2, 0.25) is 0 Å². The number of benzene rings is 1. The Morgan fingerprint density at radius 1 is 1.35 bits per heavy atom. The lowest BCUT2D eigenvalue weighted by atomic mass is 9.96. The number of aromatic nitrogens is 3. The van der Waals surface area contributed by atoms with Crippen LogP contribution in [0.1, 0.15) is 47.8 Å². The number of aromatic amines is 1. The van der Waals surface area contributed by atoms with Crippen LogP contribution in [0, 0.1) is 0 Å². The molecule has 1 aromatic heterocycles. The molecule has 1 N–H and O–H groups in total. The summed E-state index contributed by atoms with van der Waals surface area (Å²) in [6, 6.07) is 7.49. The molecular weight excluding hydrogens is 332 g/mol. The second kappa shape index (κ2) is 7.45. The van der Waals surface area contributed by atoms with Crippen LogP contribution in [0.2, 0.25) is 0 Å². The van der Waals surface area contributed by atoms with E-state index < -0.39 is 0 Å². The van der Waals surface area contributed by atoms with Crippen LogP contribution in [-0.2, 0) is 4.74 Å². The molecule has 0 bridgehead atoms. The minimum absolute atomic E-state index is 0.0493. The third-order valence-electron chi connectivity index (χ3n) is 5.26. The number of hydrogen-bond acceptors (Lipinski definition) is 5. The van der Waals surface area contributed by atoms with Gasteiger partial charge in [0.25, 0.3) is 5.91 Å². The van der Waals surface area contributed by atoms with Gasteiger partial charge in [-0.1, -0.05) is 12.1 Å². The Bertz CT molecular complexity index is 745. The Morgan fingerprint density at radius 3 is 2.92 bits per heavy atom. The van der Waals surface area contributed by atoms with Crippen molar-refractivity contribution < 1.29 is 14.3 Å². The summed E-state index contributed by atoms with van der Waals surface area (Å²) in [6.45, 7) is 1.17. The minimum atomic E-state index is -0.0865. The van der Waals surface area contributed by atoms with Gasteiger partial charge >= 0.3 is 0 Å². The van der Waals surface area contributed by atoms with E-state index >= 15 is 0 Å². The molecule has 7 nitrogen and oxygen atoms in total. The van der Waals surface area contributed by atoms with Crippen LogP contribution in [0.25, 0.3) is 0 Å². The molecule has 26 heavy (non-hydrogen) atoms. The van der Waals surface area contributed by atoms with Crippen LogP contribution in [0.3, 0.4) is 0 Å². The first kappa shape index (κ1) is 17.0. The average Bonchev–Trinajstić information content (AvgIpc) is 3.29. The molecule has 2 aromatic rings. The Hall–Kier alpha value is -2.41. The first-order chi connectivity index (χ1) is 12.7. The van der Waals surface area contributed by atoms with Gasteiger partial charge in [0.15, 0.2) is 0 Å². The molecule has 7 heteroatoms. The zero-order valence-electron chi connectivity index (χ0n) is 14.9. The standard InChI is InChI=1S/C19H24N4O3/c1-23(11-17-14(9-10-25-17)18-20-12-21-22-18)19(24)15-7-2-3-8-16(15)26-13-5-4-6-13/h2-3,7-8,12-14,17H,4-6,9-11H2,1H3,(H,20,21,22)/t14-,17-/m1/s1. The highest BCUT2D eigenvalue weighted by Crippen LogP contribution is 2.31. The maximum Gasteiger partial charge on any atom is 0.257 e. The molecule has 0 spiro atoms. The summed E-state index contributed by atoms with van der Waals surface area (Å²) >= 11 is 0. The minimum Gasteiger partial charge on any atom is -0.490 e. The van der Waals surface area contributed by atoms with Gasteiger partial charge in [0, 0.05) is 26.1 Å². The van der Waals surface area contributed by atoms with Crippen molar-refractivity contribution in [1.29, 1.82) is 0 Å². The maximum absolute atomic E-state index is 13.0. The van der Waals surface area contributed by atoms with Crippen molar-refractivity contribution in [3.8, 4) is 5.75 Å². The van der Waals surface area contributed by atoms with Gasteiger partial charge in [-0.3, -0.25) is 9.89 Å². The molecule has 1 aromatic carbocycles. The van der Waals surface area contributed by atoms with Crippen molar-refractivity contribution >= 4 is 5.91 Å². The van der Waals surface area contributed by atoms with Crippen molar-refractivity contribution in [2.45, 2.75) is 43.8 Å². The van der Waals surface area contributed by atoms with Crippen LogP contribution >= 0.6 is 0 Å². The molecule has 1 amide bonds. The smallest absolute Gasteiger partial charge is 0.257 e. The number of ether oxygens (including phenoxy) is 2. The van der Waals surface area contributed by atoms with Crippen LogP contribution in [0.4, 0.5) is 0 Å². The molecule has 138 valence electrons. The summed E-state index contributed by atoms with van der Waals surface area (Å²) in [6.07, 6.45) is 5.86. The van der Waals surface area contributed by atoms with E-state index in [4.69, 9.17) is 9.47 Å². The number of nitrogens with one attached hydrogen (secondary N) is 1. The summed E-state index contributed by atoms with van der Waals surface area (Å²) in [5, 5.41) is 6.85. The Morgan fingerprint density at radius 2 is 2.19 bits per heavy atom. The van der Waals surface area contributed by atoms with E-state index in [0.29, 0.717) is 24.5 Å². The normalized spacial score (nSPS) is 22.8. The molecular formula is C19H24N4O3. The van der Waals surface area contributed by atoms with Crippen LogP contribution in [0.5, 0.6) is 5.75 Å². The third kappa shape index (κ3) is 3.44. The highest BCUT2D eigenvalue weighted by Gasteiger charge is 2.34. The number of H-pyrrole nitrogens is 1. The second-order valence-corrected chi connectivity index (χ2v) is 7.03. The van der Waals surface area contributed by atoms with E-state index in [-0.39, 0.29) is 24.0 Å². The highest BCUT2D eigenvalue weighted by molar-refractivity contribution is 5.96. The van der Waals surface area contributed by atoms with Crippen molar-refractivity contribution in [3.05, 3.63) is 42.0 Å². The molecule has 4 rings (SSSR count). The number of rotatable bonds is 6. The van der Waals surface area contributed by atoms with E-state index in [1.807, 2.05) is 31.3 Å². The van der Waals surface area contributed by atoms with Crippen LogP contribution < -0.4 is 4.74 Å². The fourth-order valence-corrected chi connectivity index (χ4v) is 3.51. The van der Waals surface area contributed by atoms with Gasteiger partial charge in [0.1, 0.15) is 17.9 Å². The molecule has 1 aliphatic heterocycles. The van der Waals surface area contributed by atoms with Gasteiger partial charge < -0.3 is 14.4 Å². The van der Waals surface area contributed by atoms with E-state index in [2.05, 4.69) is 15.2 Å². The van der Waals surface area contributed by atoms with E-state index in [1.54, 1.807) is 4.90 Å². The first-order valence-corrected chi connectivity index (χ1v) is 9.20. The quantitative estimate of drug-likeness (QED) is 0.859. The Labute approximate surface area is 152 Å². The predicted molar refractivity (Wildman–Crippen MR) is 95.2 cm³/mol. The van der Waals surface area contributed by atoms with Gasteiger partial charge in [-0.15, -0.1) is 0 Å². The van der Waals surface area contributed by atoms with Crippen molar-refractivity contribution in [3.63, 3.8) is 0 Å². The number of hydrogen-bond donors (Lipinski definition) is 1. The lowest BCUT2D eigenvalue weighted by molar-refractivity contribution is 0.0541. The highest BCUT2D eigenvalue weighted by atomic mass is 16.5. The monoisotopic (exact) mass is 356 g/mol. The SMILES string of the molecule is CN(C[C@H]1OCC[C@H]1c1ncn[nH]1)C(=O)c1ccccc1OC1CCC1.